The van der Waals surface area contributed by atoms with E-state index in [1.54, 1.807) is 0 Å². The minimum atomic E-state index is -5.17. The van der Waals surface area contributed by atoms with Crippen molar-refractivity contribution in [2.75, 3.05) is 28.2 Å². The molecule has 10 nitrogen and oxygen atoms in total. The highest BCUT2D eigenvalue weighted by atomic mass is 32.3. The van der Waals surface area contributed by atoms with E-state index in [0.717, 1.165) is 25.7 Å². The summed E-state index contributed by atoms with van der Waals surface area (Å²) in [5.74, 6) is -0.174. The number of hydrogen-bond acceptors (Lipinski definition) is 8. The van der Waals surface area contributed by atoms with Crippen molar-refractivity contribution in [2.24, 2.45) is 0 Å². The first-order chi connectivity index (χ1) is 20.0. The van der Waals surface area contributed by atoms with Crippen molar-refractivity contribution in [2.45, 2.75) is 168 Å². The molecule has 0 unspecified atom stereocenters. The molecule has 0 saturated carbocycles. The van der Waals surface area contributed by atoms with E-state index in [-0.39, 0.29) is 11.8 Å². The highest BCUT2D eigenvalue weighted by Gasteiger charge is 2.23. The van der Waals surface area contributed by atoms with Crippen LogP contribution in [0.2, 0.25) is 0 Å². The van der Waals surface area contributed by atoms with E-state index in [2.05, 4.69) is 13.8 Å². The molecule has 11 heteroatoms. The quantitative estimate of drug-likeness (QED) is 0.0268. The van der Waals surface area contributed by atoms with Crippen LogP contribution in [-0.2, 0) is 20.0 Å². The van der Waals surface area contributed by atoms with Gasteiger partial charge in [-0.1, -0.05) is 142 Å². The van der Waals surface area contributed by atoms with Gasteiger partial charge < -0.3 is 9.11 Å². The first-order valence-electron chi connectivity index (χ1n) is 16.8. The third-order valence-electron chi connectivity index (χ3n) is 7.21. The minimum absolute atomic E-state index is 0.0871. The molecular formula is C32H68N2O8S. The van der Waals surface area contributed by atoms with Crippen LogP contribution in [0.15, 0.2) is 0 Å². The summed E-state index contributed by atoms with van der Waals surface area (Å²) < 4.78 is 33.0. The highest BCUT2D eigenvalue weighted by molar-refractivity contribution is 7.79. The van der Waals surface area contributed by atoms with E-state index in [1.807, 2.05) is 0 Å². The molecule has 43 heavy (non-hydrogen) atoms. The van der Waals surface area contributed by atoms with Crippen LogP contribution in [-0.4, -0.2) is 77.2 Å². The Morgan fingerprint density at radius 3 is 0.791 bits per heavy atom. The smallest absolute Gasteiger partial charge is 0.345 e. The predicted octanol–water partition coefficient (Wildman–Crippen LogP) is 8.02. The standard InChI is InChI=1S/2C16H34NO2.H2O4S/c2*1-4-5-6-7-8-9-10-11-12-13-14-15-16(18)17(2,3)19;1-5(2,3)4/h2*19H,4-15H2,1-3H3;(H2,1,2,3,4)/q2*+1;/p-2. The molecule has 0 fully saturated rings. The zero-order valence-corrected chi connectivity index (χ0v) is 29.4. The first kappa shape index (κ1) is 46.5. The van der Waals surface area contributed by atoms with Gasteiger partial charge in [-0.25, -0.2) is 20.0 Å². The summed E-state index contributed by atoms with van der Waals surface area (Å²) in [5, 5.41) is 18.9. The van der Waals surface area contributed by atoms with Crippen LogP contribution < -0.4 is 0 Å². The van der Waals surface area contributed by atoms with E-state index in [9.17, 15) is 20.0 Å². The van der Waals surface area contributed by atoms with Crippen LogP contribution in [0.3, 0.4) is 0 Å². The minimum Gasteiger partial charge on any atom is -0.759 e. The lowest BCUT2D eigenvalue weighted by Crippen LogP contribution is -2.41. The SMILES string of the molecule is CCCCCCCCCCCCCC(=O)[N+](C)(C)O.CCCCCCCCCCCCCC(=O)[N+](C)(C)O.O=S(=O)([O-])[O-]. The molecule has 0 aliphatic rings. The van der Waals surface area contributed by atoms with Crippen molar-refractivity contribution in [1.82, 2.24) is 0 Å². The van der Waals surface area contributed by atoms with E-state index in [0.29, 0.717) is 12.8 Å². The lowest BCUT2D eigenvalue weighted by Gasteiger charge is -2.16. The molecular weight excluding hydrogens is 572 g/mol. The van der Waals surface area contributed by atoms with E-state index in [1.165, 1.54) is 144 Å². The molecule has 0 aromatic carbocycles. The third-order valence-corrected chi connectivity index (χ3v) is 7.21. The summed E-state index contributed by atoms with van der Waals surface area (Å²) in [6, 6.07) is 0. The molecule has 2 N–H and O–H groups in total. The molecule has 0 radical (unpaired) electrons. The summed E-state index contributed by atoms with van der Waals surface area (Å²) in [6.45, 7) is 4.50. The number of rotatable bonds is 24. The van der Waals surface area contributed by atoms with Gasteiger partial charge in [-0.05, 0) is 12.8 Å². The zero-order valence-electron chi connectivity index (χ0n) is 28.6. The number of carbonyl (C=O) groups excluding carboxylic acids is 2. The zero-order chi connectivity index (χ0) is 33.6. The van der Waals surface area contributed by atoms with Crippen LogP contribution in [0.4, 0.5) is 0 Å². The number of hydroxylamine groups is 6. The number of nitrogens with zero attached hydrogens (tertiary/aromatic N) is 2. The molecule has 0 aromatic rings. The van der Waals surface area contributed by atoms with Crippen molar-refractivity contribution < 1.29 is 46.8 Å². The Hall–Kier alpha value is -0.950. The molecule has 0 aromatic heterocycles. The molecule has 0 spiro atoms. The number of quaternary nitrogens is 2. The second-order valence-corrected chi connectivity index (χ2v) is 13.4. The van der Waals surface area contributed by atoms with Crippen molar-refractivity contribution in [3.8, 4) is 0 Å². The predicted molar refractivity (Wildman–Crippen MR) is 170 cm³/mol. The average Bonchev–Trinajstić information content (AvgIpc) is 2.88. The maximum atomic E-state index is 11.4. The molecule has 0 saturated heterocycles. The van der Waals surface area contributed by atoms with Gasteiger partial charge in [0.2, 0.25) is 0 Å². The van der Waals surface area contributed by atoms with Crippen molar-refractivity contribution in [1.29, 1.82) is 0 Å². The van der Waals surface area contributed by atoms with Crippen LogP contribution in [0.1, 0.15) is 168 Å². The fraction of sp³-hybridized carbons (Fsp3) is 0.938. The lowest BCUT2D eigenvalue weighted by atomic mass is 10.1. The van der Waals surface area contributed by atoms with E-state index < -0.39 is 19.7 Å². The Kier molecular flexibility index (Phi) is 32.1. The normalized spacial score (nSPS) is 11.8. The third kappa shape index (κ3) is 45.6. The highest BCUT2D eigenvalue weighted by Crippen LogP contribution is 2.14. The molecule has 260 valence electrons. The van der Waals surface area contributed by atoms with Gasteiger partial charge in [-0.2, -0.15) is 0 Å². The van der Waals surface area contributed by atoms with E-state index >= 15 is 0 Å². The number of hydrogen-bond donors (Lipinski definition) is 2. The monoisotopic (exact) mass is 640 g/mol. The van der Waals surface area contributed by atoms with Crippen LogP contribution >= 0.6 is 0 Å². The maximum absolute atomic E-state index is 11.4. The van der Waals surface area contributed by atoms with Gasteiger partial charge in [0.05, 0.1) is 12.8 Å². The number of carbonyl (C=O) groups is 2. The second-order valence-electron chi connectivity index (χ2n) is 12.6. The van der Waals surface area contributed by atoms with Gasteiger partial charge in [0.25, 0.3) is 0 Å². The van der Waals surface area contributed by atoms with Gasteiger partial charge in [-0.15, -0.1) is 9.29 Å². The summed E-state index contributed by atoms with van der Waals surface area (Å²) in [6.07, 6.45) is 29.2. The molecule has 2 amide bonds. The Balaban J connectivity index is -0.000000642. The molecule has 0 heterocycles. The van der Waals surface area contributed by atoms with E-state index in [4.69, 9.17) is 17.5 Å². The Morgan fingerprint density at radius 1 is 0.465 bits per heavy atom. The fourth-order valence-electron chi connectivity index (χ4n) is 4.43. The Morgan fingerprint density at radius 2 is 0.628 bits per heavy atom. The first-order valence-corrected chi connectivity index (χ1v) is 18.2. The molecule has 0 rings (SSSR count). The van der Waals surface area contributed by atoms with Gasteiger partial charge in [-0.3, -0.25) is 8.42 Å². The summed E-state index contributed by atoms with van der Waals surface area (Å²) in [7, 11) is 0.892. The van der Waals surface area contributed by atoms with Crippen LogP contribution in [0, 0.1) is 0 Å². The topological polar surface area (TPSA) is 155 Å². The molecule has 0 aliphatic carbocycles. The van der Waals surface area contributed by atoms with Crippen molar-refractivity contribution in [3.05, 3.63) is 0 Å². The summed E-state index contributed by atoms with van der Waals surface area (Å²) >= 11 is 0. The fourth-order valence-corrected chi connectivity index (χ4v) is 4.43. The number of unbranched alkanes of at least 4 members (excludes halogenated alkanes) is 20. The average molecular weight is 641 g/mol. The molecule has 0 aliphatic heterocycles. The summed E-state index contributed by atoms with van der Waals surface area (Å²) in [5.41, 5.74) is 0. The Labute approximate surface area is 264 Å². The van der Waals surface area contributed by atoms with Gasteiger partial charge >= 0.3 is 11.8 Å². The number of amides is 2. The largest absolute Gasteiger partial charge is 0.759 e. The van der Waals surface area contributed by atoms with Crippen molar-refractivity contribution in [3.63, 3.8) is 0 Å². The van der Waals surface area contributed by atoms with Gasteiger partial charge in [0, 0.05) is 10.4 Å². The second kappa shape index (κ2) is 29.7. The molecule has 0 atom stereocenters. The lowest BCUT2D eigenvalue weighted by molar-refractivity contribution is -1.01. The maximum Gasteiger partial charge on any atom is 0.345 e. The van der Waals surface area contributed by atoms with Gasteiger partial charge in [0.1, 0.15) is 28.2 Å². The van der Waals surface area contributed by atoms with Crippen LogP contribution in [0.25, 0.3) is 0 Å². The Bertz CT molecular complexity index is 691. The van der Waals surface area contributed by atoms with Crippen molar-refractivity contribution >= 4 is 22.2 Å². The summed E-state index contributed by atoms with van der Waals surface area (Å²) in [4.78, 5) is 22.9. The van der Waals surface area contributed by atoms with Gasteiger partial charge in [0.15, 0.2) is 0 Å². The molecule has 0 bridgehead atoms. The van der Waals surface area contributed by atoms with Crippen LogP contribution in [0.5, 0.6) is 0 Å².